The van der Waals surface area contributed by atoms with E-state index in [2.05, 4.69) is 265 Å². The van der Waals surface area contributed by atoms with E-state index in [0.717, 1.165) is 56.4 Å². The van der Waals surface area contributed by atoms with Crippen molar-refractivity contribution >= 4 is 44.9 Å². The molecule has 284 valence electrons. The van der Waals surface area contributed by atoms with Crippen LogP contribution >= 0.6 is 0 Å². The molecule has 0 saturated carbocycles. The first kappa shape index (κ1) is 36.4. The minimum absolute atomic E-state index is 1.10. The van der Waals surface area contributed by atoms with Crippen molar-refractivity contribution in [2.45, 2.75) is 0 Å². The average molecular weight is 767 g/mol. The monoisotopic (exact) mass is 766 g/mol. The number of fused-ring (bicyclic) bond motifs is 1. The van der Waals surface area contributed by atoms with E-state index in [1.807, 2.05) is 0 Å². The quantitative estimate of drug-likeness (QED) is 0.137. The second-order valence-electron chi connectivity index (χ2n) is 14.9. The molecule has 0 unspecified atom stereocenters. The van der Waals surface area contributed by atoms with Crippen LogP contribution in [0.4, 0.5) is 34.1 Å². The van der Waals surface area contributed by atoms with Crippen molar-refractivity contribution in [1.29, 1.82) is 0 Å². The minimum Gasteiger partial charge on any atom is -0.310 e. The van der Waals surface area contributed by atoms with Crippen LogP contribution in [0.5, 0.6) is 0 Å². The average Bonchev–Trinajstić information content (AvgIpc) is 3.33. The maximum absolute atomic E-state index is 2.37. The lowest BCUT2D eigenvalue weighted by atomic mass is 9.96. The topological polar surface area (TPSA) is 6.48 Å². The fourth-order valence-corrected chi connectivity index (χ4v) is 8.36. The number of hydrogen-bond donors (Lipinski definition) is 0. The van der Waals surface area contributed by atoms with E-state index in [0.29, 0.717) is 0 Å². The van der Waals surface area contributed by atoms with Crippen molar-refractivity contribution < 1.29 is 0 Å². The van der Waals surface area contributed by atoms with Crippen molar-refractivity contribution in [3.05, 3.63) is 255 Å². The molecule has 2 nitrogen and oxygen atoms in total. The van der Waals surface area contributed by atoms with Gasteiger partial charge in [-0.25, -0.2) is 0 Å². The molecule has 0 N–H and O–H groups in total. The summed E-state index contributed by atoms with van der Waals surface area (Å²) in [6.07, 6.45) is 0. The van der Waals surface area contributed by atoms with E-state index in [4.69, 9.17) is 0 Å². The van der Waals surface area contributed by atoms with Gasteiger partial charge in [-0.15, -0.1) is 0 Å². The van der Waals surface area contributed by atoms with Gasteiger partial charge in [0.15, 0.2) is 0 Å². The third-order valence-corrected chi connectivity index (χ3v) is 11.3. The summed E-state index contributed by atoms with van der Waals surface area (Å²) >= 11 is 0. The third kappa shape index (κ3) is 7.23. The Bertz CT molecular complexity index is 2990. The van der Waals surface area contributed by atoms with Gasteiger partial charge in [0.2, 0.25) is 0 Å². The third-order valence-electron chi connectivity index (χ3n) is 11.3. The van der Waals surface area contributed by atoms with Crippen LogP contribution in [-0.4, -0.2) is 0 Å². The minimum atomic E-state index is 1.10. The zero-order chi connectivity index (χ0) is 40.1. The zero-order valence-corrected chi connectivity index (χ0v) is 33.1. The largest absolute Gasteiger partial charge is 0.310 e. The van der Waals surface area contributed by atoms with Gasteiger partial charge in [-0.2, -0.15) is 0 Å². The Morgan fingerprint density at radius 1 is 0.200 bits per heavy atom. The summed E-state index contributed by atoms with van der Waals surface area (Å²) in [6, 6.07) is 91.3. The zero-order valence-electron chi connectivity index (χ0n) is 33.1. The first-order valence-electron chi connectivity index (χ1n) is 20.5. The summed E-state index contributed by atoms with van der Waals surface area (Å²) in [5.74, 6) is 0. The first-order valence-corrected chi connectivity index (χ1v) is 20.5. The van der Waals surface area contributed by atoms with Gasteiger partial charge >= 0.3 is 0 Å². The summed E-state index contributed by atoms with van der Waals surface area (Å²) < 4.78 is 0. The van der Waals surface area contributed by atoms with Gasteiger partial charge in [0.05, 0.1) is 11.4 Å². The molecule has 0 spiro atoms. The maximum Gasteiger partial charge on any atom is 0.0540 e. The molecular formula is C58H42N2. The number of anilines is 6. The number of rotatable bonds is 10. The summed E-state index contributed by atoms with van der Waals surface area (Å²) in [5.41, 5.74) is 16.1. The molecule has 0 aromatic heterocycles. The molecule has 0 aliphatic heterocycles. The van der Waals surface area contributed by atoms with Crippen molar-refractivity contribution in [3.8, 4) is 44.5 Å². The molecule has 0 radical (unpaired) electrons. The summed E-state index contributed by atoms with van der Waals surface area (Å²) in [6.45, 7) is 0. The lowest BCUT2D eigenvalue weighted by molar-refractivity contribution is 1.28. The lowest BCUT2D eigenvalue weighted by Gasteiger charge is -2.28. The van der Waals surface area contributed by atoms with Crippen LogP contribution in [0.2, 0.25) is 0 Å². The smallest absolute Gasteiger partial charge is 0.0540 e. The summed E-state index contributed by atoms with van der Waals surface area (Å²) in [5, 5.41) is 2.50. The molecule has 10 aromatic carbocycles. The highest BCUT2D eigenvalue weighted by molar-refractivity contribution is 5.97. The van der Waals surface area contributed by atoms with Crippen LogP contribution in [-0.2, 0) is 0 Å². The molecule has 0 aliphatic rings. The van der Waals surface area contributed by atoms with Crippen LogP contribution < -0.4 is 9.80 Å². The Hall–Kier alpha value is -7.94. The van der Waals surface area contributed by atoms with Gasteiger partial charge in [-0.05, 0) is 105 Å². The molecule has 0 heterocycles. The van der Waals surface area contributed by atoms with Gasteiger partial charge in [0, 0.05) is 33.9 Å². The number of hydrogen-bond acceptors (Lipinski definition) is 2. The Labute approximate surface area is 352 Å². The standard InChI is InChI=1S/C58H42N2/c1-4-17-43(18-5-1)44-35-39-51(40-36-44)59(49-21-6-2-7-22-49)57-29-14-12-26-55(57)47-31-33-48(34-32-47)56-27-13-15-30-58(56)60(50-23-8-3-9-24-50)52-41-37-46(38-42-52)54-28-16-20-45-19-10-11-25-53(45)54/h1-42H. The fraction of sp³-hybridized carbons (Fsp3) is 0. The molecular weight excluding hydrogens is 725 g/mol. The molecule has 10 aromatic rings. The highest BCUT2D eigenvalue weighted by atomic mass is 15.1. The van der Waals surface area contributed by atoms with E-state index in [9.17, 15) is 0 Å². The molecule has 2 heteroatoms. The molecule has 0 saturated heterocycles. The van der Waals surface area contributed by atoms with E-state index in [-0.39, 0.29) is 0 Å². The summed E-state index contributed by atoms with van der Waals surface area (Å²) in [7, 11) is 0. The van der Waals surface area contributed by atoms with Crippen LogP contribution in [0.3, 0.4) is 0 Å². The van der Waals surface area contributed by atoms with Crippen molar-refractivity contribution in [1.82, 2.24) is 0 Å². The van der Waals surface area contributed by atoms with Crippen LogP contribution in [0.1, 0.15) is 0 Å². The molecule has 60 heavy (non-hydrogen) atoms. The molecule has 0 amide bonds. The van der Waals surface area contributed by atoms with E-state index in [1.54, 1.807) is 0 Å². The summed E-state index contributed by atoms with van der Waals surface area (Å²) in [4.78, 5) is 4.73. The van der Waals surface area contributed by atoms with Crippen molar-refractivity contribution in [3.63, 3.8) is 0 Å². The Kier molecular flexibility index (Phi) is 10.0. The highest BCUT2D eigenvalue weighted by Gasteiger charge is 2.20. The van der Waals surface area contributed by atoms with Crippen molar-refractivity contribution in [2.24, 2.45) is 0 Å². The second kappa shape index (κ2) is 16.5. The predicted molar refractivity (Wildman–Crippen MR) is 255 cm³/mol. The van der Waals surface area contributed by atoms with Gasteiger partial charge in [-0.1, -0.05) is 194 Å². The lowest BCUT2D eigenvalue weighted by Crippen LogP contribution is -2.11. The Balaban J connectivity index is 1.01. The SMILES string of the molecule is c1ccc(-c2ccc(N(c3ccccc3)c3ccccc3-c3ccc(-c4ccccc4N(c4ccccc4)c4ccc(-c5cccc6ccccc56)cc4)cc3)cc2)cc1. The molecule has 0 bridgehead atoms. The molecule has 0 fully saturated rings. The van der Waals surface area contributed by atoms with Crippen LogP contribution in [0.25, 0.3) is 55.3 Å². The maximum atomic E-state index is 2.37. The van der Waals surface area contributed by atoms with Gasteiger partial charge < -0.3 is 9.80 Å². The van der Waals surface area contributed by atoms with E-state index in [1.165, 1.54) is 33.0 Å². The first-order chi connectivity index (χ1) is 29.8. The Morgan fingerprint density at radius 2 is 0.533 bits per heavy atom. The normalized spacial score (nSPS) is 11.0. The Morgan fingerprint density at radius 3 is 1.07 bits per heavy atom. The van der Waals surface area contributed by atoms with Gasteiger partial charge in [0.25, 0.3) is 0 Å². The molecule has 0 aliphatic carbocycles. The number of nitrogens with zero attached hydrogens (tertiary/aromatic N) is 2. The van der Waals surface area contributed by atoms with Gasteiger partial charge in [0.1, 0.15) is 0 Å². The van der Waals surface area contributed by atoms with E-state index >= 15 is 0 Å². The van der Waals surface area contributed by atoms with Crippen molar-refractivity contribution in [2.75, 3.05) is 9.80 Å². The highest BCUT2D eigenvalue weighted by Crippen LogP contribution is 2.44. The molecule has 0 atom stereocenters. The predicted octanol–water partition coefficient (Wildman–Crippen LogP) is 16.4. The second-order valence-corrected chi connectivity index (χ2v) is 14.9. The van der Waals surface area contributed by atoms with Crippen LogP contribution in [0, 0.1) is 0 Å². The van der Waals surface area contributed by atoms with Crippen LogP contribution in [0.15, 0.2) is 255 Å². The number of benzene rings is 10. The molecule has 10 rings (SSSR count). The van der Waals surface area contributed by atoms with E-state index < -0.39 is 0 Å². The fourth-order valence-electron chi connectivity index (χ4n) is 8.36. The number of para-hydroxylation sites is 4. The van der Waals surface area contributed by atoms with Gasteiger partial charge in [-0.3, -0.25) is 0 Å².